The first kappa shape index (κ1) is 18.6. The molecule has 1 heterocycles. The molecular weight excluding hydrogens is 340 g/mol. The fraction of sp³-hybridized carbons (Fsp3) is 0.308. The van der Waals surface area contributed by atoms with E-state index >= 15 is 0 Å². The van der Waals surface area contributed by atoms with Crippen molar-refractivity contribution in [3.05, 3.63) is 71.5 Å². The highest BCUT2D eigenvalue weighted by Crippen LogP contribution is 2.35. The minimum absolute atomic E-state index is 0.0995. The van der Waals surface area contributed by atoms with Crippen LogP contribution >= 0.6 is 0 Å². The zero-order valence-electron chi connectivity index (χ0n) is 17.7. The van der Waals surface area contributed by atoms with Gasteiger partial charge in [0, 0.05) is 22.3 Å². The molecule has 28 heavy (non-hydrogen) atoms. The van der Waals surface area contributed by atoms with Gasteiger partial charge in [-0.2, -0.15) is 0 Å². The molecule has 0 fully saturated rings. The first-order chi connectivity index (χ1) is 13.3. The predicted octanol–water partition coefficient (Wildman–Crippen LogP) is 7.18. The Balaban J connectivity index is 2.11. The van der Waals surface area contributed by atoms with Gasteiger partial charge in [-0.1, -0.05) is 77.1 Å². The van der Waals surface area contributed by atoms with Gasteiger partial charge in [-0.3, -0.25) is 0 Å². The van der Waals surface area contributed by atoms with Crippen molar-refractivity contribution in [2.75, 3.05) is 0 Å². The molecule has 0 spiro atoms. The number of aryl methyl sites for hydroxylation is 1. The topological polar surface area (TPSA) is 25.8 Å². The normalized spacial score (nSPS) is 12.2. The minimum atomic E-state index is 0.0995. The lowest BCUT2D eigenvalue weighted by Crippen LogP contribution is -2.11. The van der Waals surface area contributed by atoms with Crippen molar-refractivity contribution in [2.24, 2.45) is 0 Å². The Bertz CT molecular complexity index is 1180. The molecule has 142 valence electrons. The van der Waals surface area contributed by atoms with Gasteiger partial charge in [0.15, 0.2) is 0 Å². The molecular formula is C26H28N2. The first-order valence-corrected chi connectivity index (χ1v) is 10.1. The van der Waals surface area contributed by atoms with E-state index in [1.807, 2.05) is 0 Å². The van der Waals surface area contributed by atoms with E-state index in [1.165, 1.54) is 21.9 Å². The minimum Gasteiger partial charge on any atom is -0.232 e. The molecule has 2 nitrogen and oxygen atoms in total. The average molecular weight is 369 g/mol. The van der Waals surface area contributed by atoms with Crippen molar-refractivity contribution in [3.8, 4) is 11.3 Å². The maximum Gasteiger partial charge on any atom is 0.132 e. The molecule has 3 aromatic carbocycles. The fourth-order valence-corrected chi connectivity index (χ4v) is 3.77. The van der Waals surface area contributed by atoms with Gasteiger partial charge in [-0.25, -0.2) is 9.97 Å². The molecule has 0 aliphatic carbocycles. The molecule has 0 atom stereocenters. The lowest BCUT2D eigenvalue weighted by atomic mass is 9.85. The lowest BCUT2D eigenvalue weighted by Gasteiger charge is -2.20. The molecule has 0 saturated heterocycles. The van der Waals surface area contributed by atoms with Crippen LogP contribution in [0.4, 0.5) is 0 Å². The van der Waals surface area contributed by atoms with Gasteiger partial charge >= 0.3 is 0 Å². The van der Waals surface area contributed by atoms with Gasteiger partial charge in [-0.05, 0) is 41.0 Å². The van der Waals surface area contributed by atoms with E-state index < -0.39 is 0 Å². The van der Waals surface area contributed by atoms with Gasteiger partial charge < -0.3 is 0 Å². The molecule has 0 bridgehead atoms. The van der Waals surface area contributed by atoms with Crippen LogP contribution in [-0.4, -0.2) is 9.97 Å². The van der Waals surface area contributed by atoms with Gasteiger partial charge in [-0.15, -0.1) is 0 Å². The summed E-state index contributed by atoms with van der Waals surface area (Å²) in [5.41, 5.74) is 5.93. The Morgan fingerprint density at radius 1 is 0.786 bits per heavy atom. The van der Waals surface area contributed by atoms with Crippen LogP contribution in [0.3, 0.4) is 0 Å². The number of hydrogen-bond acceptors (Lipinski definition) is 2. The number of benzene rings is 3. The van der Waals surface area contributed by atoms with E-state index in [0.717, 1.165) is 28.0 Å². The monoisotopic (exact) mass is 368 g/mol. The highest BCUT2D eigenvalue weighted by Gasteiger charge is 2.18. The summed E-state index contributed by atoms with van der Waals surface area (Å²) in [4.78, 5) is 10.0. The van der Waals surface area contributed by atoms with E-state index in [1.54, 1.807) is 0 Å². The smallest absolute Gasteiger partial charge is 0.132 e. The molecule has 0 amide bonds. The summed E-state index contributed by atoms with van der Waals surface area (Å²) in [6.45, 7) is 13.2. The number of rotatable bonds is 2. The molecule has 0 unspecified atom stereocenters. The third-order valence-electron chi connectivity index (χ3n) is 5.45. The summed E-state index contributed by atoms with van der Waals surface area (Å²) in [5.74, 6) is 1.17. The second kappa shape index (κ2) is 6.70. The van der Waals surface area contributed by atoms with E-state index in [4.69, 9.17) is 9.97 Å². The van der Waals surface area contributed by atoms with Crippen molar-refractivity contribution >= 4 is 21.7 Å². The zero-order chi connectivity index (χ0) is 20.1. The number of fused-ring (bicyclic) bond motifs is 3. The Kier molecular flexibility index (Phi) is 4.45. The molecule has 0 radical (unpaired) electrons. The van der Waals surface area contributed by atoms with E-state index in [9.17, 15) is 0 Å². The summed E-state index contributed by atoms with van der Waals surface area (Å²) in [5, 5.41) is 3.60. The first-order valence-electron chi connectivity index (χ1n) is 10.1. The van der Waals surface area contributed by atoms with Crippen molar-refractivity contribution in [3.63, 3.8) is 0 Å². The predicted molar refractivity (Wildman–Crippen MR) is 120 cm³/mol. The molecule has 0 saturated carbocycles. The Morgan fingerprint density at radius 2 is 1.50 bits per heavy atom. The summed E-state index contributed by atoms with van der Waals surface area (Å²) in [7, 11) is 0. The average Bonchev–Trinajstić information content (AvgIpc) is 2.67. The summed E-state index contributed by atoms with van der Waals surface area (Å²) in [6.07, 6.45) is 0. The largest absolute Gasteiger partial charge is 0.232 e. The fourth-order valence-electron chi connectivity index (χ4n) is 3.77. The van der Waals surface area contributed by atoms with Gasteiger partial charge in [0.2, 0.25) is 0 Å². The molecule has 4 aromatic rings. The molecule has 2 heteroatoms. The van der Waals surface area contributed by atoms with Crippen molar-refractivity contribution in [2.45, 2.75) is 52.9 Å². The molecule has 0 aliphatic heterocycles. The summed E-state index contributed by atoms with van der Waals surface area (Å²) in [6, 6.07) is 19.6. The molecule has 1 aromatic heterocycles. The maximum absolute atomic E-state index is 5.03. The maximum atomic E-state index is 5.03. The van der Waals surface area contributed by atoms with Crippen LogP contribution in [0.25, 0.3) is 32.9 Å². The highest BCUT2D eigenvalue weighted by molar-refractivity contribution is 6.10. The molecule has 0 N–H and O–H groups in total. The second-order valence-corrected chi connectivity index (χ2v) is 9.05. The quantitative estimate of drug-likeness (QED) is 0.350. The number of hydrogen-bond donors (Lipinski definition) is 0. The second-order valence-electron chi connectivity index (χ2n) is 9.05. The summed E-state index contributed by atoms with van der Waals surface area (Å²) < 4.78 is 0. The molecule has 0 aliphatic rings. The number of nitrogens with zero attached hydrogens (tertiary/aromatic N) is 2. The SMILES string of the molecule is Cc1cc2c(-c3cccc(C(C)(C)C)c3)nc(C(C)C)nc2c2ccccc12. The van der Waals surface area contributed by atoms with Gasteiger partial charge in [0.05, 0.1) is 11.2 Å². The van der Waals surface area contributed by atoms with Crippen molar-refractivity contribution < 1.29 is 0 Å². The highest BCUT2D eigenvalue weighted by atomic mass is 14.9. The Labute approximate surface area is 167 Å². The van der Waals surface area contributed by atoms with E-state index in [0.29, 0.717) is 0 Å². The summed E-state index contributed by atoms with van der Waals surface area (Å²) >= 11 is 0. The lowest BCUT2D eigenvalue weighted by molar-refractivity contribution is 0.590. The van der Waals surface area contributed by atoms with Crippen LogP contribution in [0.15, 0.2) is 54.6 Å². The Hall–Kier alpha value is -2.74. The van der Waals surface area contributed by atoms with Crippen LogP contribution in [0, 0.1) is 6.92 Å². The third kappa shape index (κ3) is 3.17. The van der Waals surface area contributed by atoms with Crippen LogP contribution in [0.2, 0.25) is 0 Å². The van der Waals surface area contributed by atoms with Gasteiger partial charge in [0.1, 0.15) is 5.82 Å². The van der Waals surface area contributed by atoms with Gasteiger partial charge in [0.25, 0.3) is 0 Å². The third-order valence-corrected chi connectivity index (χ3v) is 5.45. The zero-order valence-corrected chi connectivity index (χ0v) is 17.7. The van der Waals surface area contributed by atoms with Crippen LogP contribution < -0.4 is 0 Å². The van der Waals surface area contributed by atoms with Crippen LogP contribution in [0.1, 0.15) is 57.5 Å². The Morgan fingerprint density at radius 3 is 2.18 bits per heavy atom. The molecule has 4 rings (SSSR count). The standard InChI is InChI=1S/C26H28N2/c1-16(2)25-27-23(18-10-9-11-19(15-18)26(4,5)6)22-14-17(3)20-12-7-8-13-21(20)24(22)28-25/h7-16H,1-6H3. The van der Waals surface area contributed by atoms with Crippen molar-refractivity contribution in [1.29, 1.82) is 0 Å². The van der Waals surface area contributed by atoms with Crippen LogP contribution in [0.5, 0.6) is 0 Å². The van der Waals surface area contributed by atoms with E-state index in [2.05, 4.69) is 96.1 Å². The van der Waals surface area contributed by atoms with E-state index in [-0.39, 0.29) is 11.3 Å². The number of aromatic nitrogens is 2. The van der Waals surface area contributed by atoms with Crippen molar-refractivity contribution in [1.82, 2.24) is 9.97 Å². The van der Waals surface area contributed by atoms with Crippen LogP contribution in [-0.2, 0) is 5.41 Å².